The van der Waals surface area contributed by atoms with Gasteiger partial charge in [0.15, 0.2) is 5.69 Å². The van der Waals surface area contributed by atoms with E-state index in [4.69, 9.17) is 0 Å². The highest BCUT2D eigenvalue weighted by Gasteiger charge is 2.19. The molecule has 0 fully saturated rings. The fraction of sp³-hybridized carbons (Fsp3) is 0.130. The molecule has 2 aromatic heterocycles. The quantitative estimate of drug-likeness (QED) is 0.305. The highest BCUT2D eigenvalue weighted by atomic mass is 16.6. The van der Waals surface area contributed by atoms with Crippen LogP contribution in [0.2, 0.25) is 0 Å². The van der Waals surface area contributed by atoms with Gasteiger partial charge < -0.3 is 10.6 Å². The van der Waals surface area contributed by atoms with Crippen LogP contribution in [0.25, 0.3) is 0 Å². The van der Waals surface area contributed by atoms with Crippen LogP contribution in [0.15, 0.2) is 73.2 Å². The number of anilines is 2. The third-order valence-corrected chi connectivity index (χ3v) is 4.97. The van der Waals surface area contributed by atoms with Crippen molar-refractivity contribution in [2.75, 3.05) is 10.6 Å². The molecule has 2 amide bonds. The predicted molar refractivity (Wildman–Crippen MR) is 125 cm³/mol. The predicted octanol–water partition coefficient (Wildman–Crippen LogP) is 3.56. The van der Waals surface area contributed by atoms with Crippen molar-refractivity contribution in [3.63, 3.8) is 0 Å². The largest absolute Gasteiger partial charge is 0.321 e. The normalized spacial score (nSPS) is 10.6. The maximum Gasteiger partial charge on any atom is 0.307 e. The number of nitrogens with one attached hydrogen (secondary N) is 2. The Balaban J connectivity index is 1.46. The fourth-order valence-electron chi connectivity index (χ4n) is 3.23. The monoisotopic (exact) mass is 459 g/mol. The highest BCUT2D eigenvalue weighted by Crippen LogP contribution is 2.18. The van der Waals surface area contributed by atoms with Crippen molar-refractivity contribution in [3.8, 4) is 0 Å². The minimum Gasteiger partial charge on any atom is -0.321 e. The molecule has 2 N–H and O–H groups in total. The van der Waals surface area contributed by atoms with Crippen molar-refractivity contribution in [3.05, 3.63) is 100 Å². The van der Waals surface area contributed by atoms with Crippen molar-refractivity contribution in [1.29, 1.82) is 0 Å². The summed E-state index contributed by atoms with van der Waals surface area (Å²) < 4.78 is 3.02. The van der Waals surface area contributed by atoms with Gasteiger partial charge in [0.25, 0.3) is 11.8 Å². The van der Waals surface area contributed by atoms with Crippen LogP contribution in [0, 0.1) is 10.1 Å². The number of nitro groups is 1. The van der Waals surface area contributed by atoms with E-state index in [0.717, 1.165) is 5.56 Å². The van der Waals surface area contributed by atoms with Gasteiger partial charge in [-0.2, -0.15) is 10.2 Å². The summed E-state index contributed by atoms with van der Waals surface area (Å²) in [5.74, 6) is -0.831. The van der Waals surface area contributed by atoms with Crippen LogP contribution >= 0.6 is 0 Å². The lowest BCUT2D eigenvalue weighted by Gasteiger charge is -2.07. The maximum atomic E-state index is 12.8. The Morgan fingerprint density at radius 3 is 2.35 bits per heavy atom. The summed E-state index contributed by atoms with van der Waals surface area (Å²) in [5.41, 5.74) is 2.14. The number of carbonyl (C=O) groups excluding carboxylic acids is 2. The molecule has 0 aliphatic carbocycles. The standard InChI is InChI=1S/C23H21N7O4/c1-2-28-15-20(21(27-28)23(32)25-18-6-4-3-5-7-18)26-22(31)17-10-8-16(9-11-17)13-29-14-19(12-24-29)30(33)34/h3-12,14-15H,2,13H2,1H3,(H,25,32)(H,26,31). The molecule has 0 aliphatic rings. The minimum absolute atomic E-state index is 0.0873. The molecule has 0 atom stereocenters. The fourth-order valence-corrected chi connectivity index (χ4v) is 3.23. The summed E-state index contributed by atoms with van der Waals surface area (Å²) in [4.78, 5) is 35.9. The van der Waals surface area contributed by atoms with Crippen LogP contribution in [-0.2, 0) is 13.1 Å². The van der Waals surface area contributed by atoms with E-state index in [1.807, 2.05) is 13.0 Å². The first-order valence-corrected chi connectivity index (χ1v) is 10.4. The molecule has 11 nitrogen and oxygen atoms in total. The zero-order valence-corrected chi connectivity index (χ0v) is 18.2. The average molecular weight is 459 g/mol. The molecule has 4 rings (SSSR count). The molecular weight excluding hydrogens is 438 g/mol. The Kier molecular flexibility index (Phi) is 6.44. The van der Waals surface area contributed by atoms with Crippen LogP contribution in [-0.4, -0.2) is 36.3 Å². The first-order chi connectivity index (χ1) is 16.4. The minimum atomic E-state index is -0.508. The maximum absolute atomic E-state index is 12.8. The Hall–Kier alpha value is -4.80. The van der Waals surface area contributed by atoms with E-state index in [2.05, 4.69) is 20.8 Å². The first kappa shape index (κ1) is 22.4. The summed E-state index contributed by atoms with van der Waals surface area (Å²) in [6.07, 6.45) is 4.13. The lowest BCUT2D eigenvalue weighted by molar-refractivity contribution is -0.385. The zero-order chi connectivity index (χ0) is 24.1. The van der Waals surface area contributed by atoms with Crippen molar-refractivity contribution in [1.82, 2.24) is 19.6 Å². The third-order valence-electron chi connectivity index (χ3n) is 4.97. The number of aryl methyl sites for hydroxylation is 1. The number of hydrogen-bond acceptors (Lipinski definition) is 6. The third kappa shape index (κ3) is 5.15. The molecule has 0 radical (unpaired) electrons. The molecule has 0 saturated heterocycles. The topological polar surface area (TPSA) is 137 Å². The summed E-state index contributed by atoms with van der Waals surface area (Å²) in [6, 6.07) is 15.7. The lowest BCUT2D eigenvalue weighted by atomic mass is 10.1. The van der Waals surface area contributed by atoms with Gasteiger partial charge >= 0.3 is 5.69 Å². The van der Waals surface area contributed by atoms with Gasteiger partial charge in [-0.05, 0) is 36.8 Å². The van der Waals surface area contributed by atoms with E-state index >= 15 is 0 Å². The SMILES string of the molecule is CCn1cc(NC(=O)c2ccc(Cn3cc([N+](=O)[O-])cn3)cc2)c(C(=O)Nc2ccccc2)n1. The molecule has 0 saturated carbocycles. The Morgan fingerprint density at radius 2 is 1.71 bits per heavy atom. The molecule has 2 heterocycles. The molecule has 172 valence electrons. The number of rotatable bonds is 8. The molecular formula is C23H21N7O4. The Labute approximate surface area is 194 Å². The van der Waals surface area contributed by atoms with E-state index in [1.54, 1.807) is 59.4 Å². The molecule has 0 bridgehead atoms. The van der Waals surface area contributed by atoms with Gasteiger partial charge in [0.2, 0.25) is 0 Å². The van der Waals surface area contributed by atoms with E-state index in [1.165, 1.54) is 17.1 Å². The second-order valence-corrected chi connectivity index (χ2v) is 7.37. The van der Waals surface area contributed by atoms with Gasteiger partial charge in [-0.15, -0.1) is 0 Å². The molecule has 0 spiro atoms. The first-order valence-electron chi connectivity index (χ1n) is 10.4. The van der Waals surface area contributed by atoms with Gasteiger partial charge in [-0.3, -0.25) is 29.1 Å². The summed E-state index contributed by atoms with van der Waals surface area (Å²) in [5, 5.41) is 24.6. The summed E-state index contributed by atoms with van der Waals surface area (Å²) in [6.45, 7) is 2.73. The molecule has 11 heteroatoms. The van der Waals surface area contributed by atoms with Gasteiger partial charge in [-0.1, -0.05) is 30.3 Å². The number of aromatic nitrogens is 4. The van der Waals surface area contributed by atoms with Crippen LogP contribution in [0.3, 0.4) is 0 Å². The van der Waals surface area contributed by atoms with E-state index in [-0.39, 0.29) is 11.4 Å². The van der Waals surface area contributed by atoms with Crippen molar-refractivity contribution < 1.29 is 14.5 Å². The number of hydrogen-bond donors (Lipinski definition) is 2. The summed E-state index contributed by atoms with van der Waals surface area (Å²) >= 11 is 0. The number of nitrogens with zero attached hydrogens (tertiary/aromatic N) is 5. The zero-order valence-electron chi connectivity index (χ0n) is 18.2. The van der Waals surface area contributed by atoms with E-state index in [0.29, 0.717) is 30.0 Å². The van der Waals surface area contributed by atoms with Crippen LogP contribution < -0.4 is 10.6 Å². The highest BCUT2D eigenvalue weighted by molar-refractivity contribution is 6.11. The van der Waals surface area contributed by atoms with Crippen molar-refractivity contribution >= 4 is 28.9 Å². The Morgan fingerprint density at radius 1 is 0.971 bits per heavy atom. The lowest BCUT2D eigenvalue weighted by Crippen LogP contribution is -2.18. The second-order valence-electron chi connectivity index (χ2n) is 7.37. The van der Waals surface area contributed by atoms with Gasteiger partial charge in [0.05, 0.1) is 17.2 Å². The van der Waals surface area contributed by atoms with Crippen LogP contribution in [0.1, 0.15) is 33.3 Å². The number of benzene rings is 2. The molecule has 0 unspecified atom stereocenters. The van der Waals surface area contributed by atoms with Crippen molar-refractivity contribution in [2.45, 2.75) is 20.0 Å². The van der Waals surface area contributed by atoms with Crippen LogP contribution in [0.4, 0.5) is 17.1 Å². The van der Waals surface area contributed by atoms with Gasteiger partial charge in [-0.25, -0.2) is 0 Å². The van der Waals surface area contributed by atoms with Crippen molar-refractivity contribution in [2.24, 2.45) is 0 Å². The summed E-state index contributed by atoms with van der Waals surface area (Å²) in [7, 11) is 0. The second kappa shape index (κ2) is 9.77. The molecule has 4 aromatic rings. The van der Waals surface area contributed by atoms with Gasteiger partial charge in [0.1, 0.15) is 12.4 Å². The number of amides is 2. The molecule has 0 aliphatic heterocycles. The smallest absolute Gasteiger partial charge is 0.307 e. The number of carbonyl (C=O) groups is 2. The number of para-hydroxylation sites is 1. The van der Waals surface area contributed by atoms with Crippen LogP contribution in [0.5, 0.6) is 0 Å². The van der Waals surface area contributed by atoms with E-state index in [9.17, 15) is 19.7 Å². The van der Waals surface area contributed by atoms with E-state index < -0.39 is 16.7 Å². The van der Waals surface area contributed by atoms with Gasteiger partial charge in [0, 0.05) is 24.0 Å². The average Bonchev–Trinajstić information content (AvgIpc) is 3.47. The molecule has 34 heavy (non-hydrogen) atoms. The molecule has 2 aromatic carbocycles. The Bertz CT molecular complexity index is 1330.